The van der Waals surface area contributed by atoms with Gasteiger partial charge in [0.2, 0.25) is 0 Å². The molecule has 4 aromatic rings. The first-order chi connectivity index (χ1) is 11.6. The van der Waals surface area contributed by atoms with Crippen LogP contribution in [-0.4, -0.2) is 15.4 Å². The summed E-state index contributed by atoms with van der Waals surface area (Å²) < 4.78 is 2.29. The number of alkyl halides is 1. The minimum atomic E-state index is 0.630. The van der Waals surface area contributed by atoms with Gasteiger partial charge in [0, 0.05) is 23.2 Å². The lowest BCUT2D eigenvalue weighted by molar-refractivity contribution is 0.727. The van der Waals surface area contributed by atoms with Crippen LogP contribution in [0.15, 0.2) is 36.4 Å². The molecule has 122 valence electrons. The Labute approximate surface area is 151 Å². The van der Waals surface area contributed by atoms with Gasteiger partial charge in [0.25, 0.3) is 0 Å². The largest absolute Gasteiger partial charge is 0.338 e. The minimum Gasteiger partial charge on any atom is -0.338 e. The molecule has 2 aromatic heterocycles. The molecule has 0 aliphatic carbocycles. The highest BCUT2D eigenvalue weighted by Crippen LogP contribution is 2.38. The topological polar surface area (TPSA) is 17.8 Å². The van der Waals surface area contributed by atoms with Crippen molar-refractivity contribution in [2.45, 2.75) is 26.8 Å². The Morgan fingerprint density at radius 3 is 2.71 bits per heavy atom. The fraction of sp³-hybridized carbons (Fsp3) is 0.250. The lowest BCUT2D eigenvalue weighted by Crippen LogP contribution is -1.99. The van der Waals surface area contributed by atoms with Crippen LogP contribution in [0.2, 0.25) is 5.02 Å². The predicted molar refractivity (Wildman–Crippen MR) is 105 cm³/mol. The molecule has 0 saturated carbocycles. The van der Waals surface area contributed by atoms with Crippen molar-refractivity contribution < 1.29 is 0 Å². The maximum absolute atomic E-state index is 6.83. The summed E-state index contributed by atoms with van der Waals surface area (Å²) in [6.45, 7) is 5.11. The Hall–Kier alpha value is -1.77. The van der Waals surface area contributed by atoms with Crippen molar-refractivity contribution >= 4 is 56.0 Å². The van der Waals surface area contributed by atoms with E-state index >= 15 is 0 Å². The molecule has 2 aromatic carbocycles. The fourth-order valence-corrected chi connectivity index (χ4v) is 4.09. The van der Waals surface area contributed by atoms with E-state index in [1.165, 1.54) is 22.0 Å². The number of hydrogen-bond donors (Lipinski definition) is 0. The van der Waals surface area contributed by atoms with E-state index in [4.69, 9.17) is 28.2 Å². The van der Waals surface area contributed by atoms with Crippen molar-refractivity contribution in [3.05, 3.63) is 52.5 Å². The predicted octanol–water partition coefficient (Wildman–Crippen LogP) is 6.24. The molecular formula is C20H18Cl2N2. The highest BCUT2D eigenvalue weighted by atomic mass is 35.5. The van der Waals surface area contributed by atoms with Crippen LogP contribution in [0.1, 0.15) is 17.5 Å². The van der Waals surface area contributed by atoms with Gasteiger partial charge in [-0.25, -0.2) is 4.98 Å². The summed E-state index contributed by atoms with van der Waals surface area (Å²) in [5, 5.41) is 2.97. The highest BCUT2D eigenvalue weighted by Gasteiger charge is 2.18. The van der Waals surface area contributed by atoms with Crippen molar-refractivity contribution in [2.75, 3.05) is 5.88 Å². The van der Waals surface area contributed by atoms with E-state index in [1.54, 1.807) is 0 Å². The summed E-state index contributed by atoms with van der Waals surface area (Å²) >= 11 is 12.8. The van der Waals surface area contributed by atoms with Gasteiger partial charge in [0.15, 0.2) is 0 Å². The molecule has 0 aliphatic rings. The van der Waals surface area contributed by atoms with Crippen molar-refractivity contribution in [3.63, 3.8) is 0 Å². The number of aryl methyl sites for hydroxylation is 3. The Morgan fingerprint density at radius 1 is 1.12 bits per heavy atom. The Morgan fingerprint density at radius 2 is 1.92 bits per heavy atom. The standard InChI is InChI=1S/C20H18Cl2N2/c1-12-10-13(2)17-16(11-12)24(9-5-8-21)20-18(22)14-6-3-4-7-15(14)23-19(17)20/h3-4,6-7,10-11H,5,8-9H2,1-2H3. The van der Waals surface area contributed by atoms with E-state index in [-0.39, 0.29) is 0 Å². The third-order valence-electron chi connectivity index (χ3n) is 4.58. The maximum Gasteiger partial charge on any atom is 0.0985 e. The smallest absolute Gasteiger partial charge is 0.0985 e. The summed E-state index contributed by atoms with van der Waals surface area (Å²) in [4.78, 5) is 4.95. The molecule has 0 aliphatic heterocycles. The monoisotopic (exact) mass is 356 g/mol. The van der Waals surface area contributed by atoms with Crippen molar-refractivity contribution in [1.29, 1.82) is 0 Å². The molecular weight excluding hydrogens is 339 g/mol. The molecule has 0 saturated heterocycles. The van der Waals surface area contributed by atoms with Gasteiger partial charge in [0.05, 0.1) is 27.1 Å². The molecule has 0 unspecified atom stereocenters. The number of aromatic nitrogens is 2. The van der Waals surface area contributed by atoms with Gasteiger partial charge in [-0.05, 0) is 43.5 Å². The number of fused-ring (bicyclic) bond motifs is 4. The average molecular weight is 357 g/mol. The van der Waals surface area contributed by atoms with Crippen molar-refractivity contribution in [2.24, 2.45) is 0 Å². The highest BCUT2D eigenvalue weighted by molar-refractivity contribution is 6.41. The number of para-hydroxylation sites is 1. The Bertz CT molecular complexity index is 1080. The molecule has 0 fully saturated rings. The number of pyridine rings is 1. The molecule has 24 heavy (non-hydrogen) atoms. The van der Waals surface area contributed by atoms with Crippen LogP contribution in [0.3, 0.4) is 0 Å². The van der Waals surface area contributed by atoms with Crippen LogP contribution in [0, 0.1) is 13.8 Å². The first-order valence-corrected chi connectivity index (χ1v) is 9.06. The van der Waals surface area contributed by atoms with Gasteiger partial charge < -0.3 is 4.57 Å². The molecule has 0 bridgehead atoms. The van der Waals surface area contributed by atoms with Crippen molar-refractivity contribution in [3.8, 4) is 0 Å². The third kappa shape index (κ3) is 2.28. The maximum atomic E-state index is 6.83. The average Bonchev–Trinajstić information content (AvgIpc) is 2.87. The van der Waals surface area contributed by atoms with E-state index in [1.807, 2.05) is 24.3 Å². The van der Waals surface area contributed by atoms with E-state index in [0.29, 0.717) is 5.88 Å². The summed E-state index contributed by atoms with van der Waals surface area (Å²) in [6, 6.07) is 12.5. The minimum absolute atomic E-state index is 0.630. The number of rotatable bonds is 3. The Kier molecular flexibility index (Phi) is 3.90. The summed E-state index contributed by atoms with van der Waals surface area (Å²) in [6.07, 6.45) is 0.899. The van der Waals surface area contributed by atoms with Gasteiger partial charge in [-0.15, -0.1) is 11.6 Å². The molecule has 4 rings (SSSR count). The molecule has 0 radical (unpaired) electrons. The summed E-state index contributed by atoms with van der Waals surface area (Å²) in [7, 11) is 0. The number of hydrogen-bond acceptors (Lipinski definition) is 1. The van der Waals surface area contributed by atoms with Crippen LogP contribution in [0.5, 0.6) is 0 Å². The van der Waals surface area contributed by atoms with Gasteiger partial charge in [-0.1, -0.05) is 35.9 Å². The number of benzene rings is 2. The van der Waals surface area contributed by atoms with Crippen LogP contribution >= 0.6 is 23.2 Å². The third-order valence-corrected chi connectivity index (χ3v) is 5.23. The molecule has 0 atom stereocenters. The van der Waals surface area contributed by atoms with E-state index < -0.39 is 0 Å². The zero-order valence-electron chi connectivity index (χ0n) is 13.7. The molecule has 0 amide bonds. The van der Waals surface area contributed by atoms with Gasteiger partial charge >= 0.3 is 0 Å². The van der Waals surface area contributed by atoms with E-state index in [0.717, 1.165) is 39.9 Å². The second-order valence-corrected chi connectivity index (χ2v) is 7.07. The molecule has 2 heterocycles. The zero-order chi connectivity index (χ0) is 16.8. The van der Waals surface area contributed by atoms with E-state index in [9.17, 15) is 0 Å². The van der Waals surface area contributed by atoms with Gasteiger partial charge in [-0.2, -0.15) is 0 Å². The van der Waals surface area contributed by atoms with E-state index in [2.05, 4.69) is 30.5 Å². The molecule has 2 nitrogen and oxygen atoms in total. The van der Waals surface area contributed by atoms with Gasteiger partial charge in [0.1, 0.15) is 0 Å². The normalized spacial score (nSPS) is 11.8. The quantitative estimate of drug-likeness (QED) is 0.397. The van der Waals surface area contributed by atoms with Gasteiger partial charge in [-0.3, -0.25) is 0 Å². The fourth-order valence-electron chi connectivity index (χ4n) is 3.62. The van der Waals surface area contributed by atoms with Crippen LogP contribution in [0.4, 0.5) is 0 Å². The number of halogens is 2. The second-order valence-electron chi connectivity index (χ2n) is 6.31. The molecule has 0 N–H and O–H groups in total. The lowest BCUT2D eigenvalue weighted by Gasteiger charge is -2.09. The lowest BCUT2D eigenvalue weighted by atomic mass is 10.1. The summed E-state index contributed by atoms with van der Waals surface area (Å²) in [5.41, 5.74) is 6.61. The van der Waals surface area contributed by atoms with Crippen LogP contribution in [0.25, 0.3) is 32.8 Å². The SMILES string of the molecule is Cc1cc(C)c2c3nc4ccccc4c(Cl)c3n(CCCCl)c2c1. The first-order valence-electron chi connectivity index (χ1n) is 8.15. The zero-order valence-corrected chi connectivity index (χ0v) is 15.2. The van der Waals surface area contributed by atoms with Crippen molar-refractivity contribution in [1.82, 2.24) is 9.55 Å². The second kappa shape index (κ2) is 5.94. The number of nitrogens with zero attached hydrogens (tertiary/aromatic N) is 2. The Balaban J connectivity index is 2.24. The van der Waals surface area contributed by atoms with Crippen LogP contribution < -0.4 is 0 Å². The summed E-state index contributed by atoms with van der Waals surface area (Å²) in [5.74, 6) is 0.630. The molecule has 4 heteroatoms. The first kappa shape index (κ1) is 15.7. The molecule has 0 spiro atoms. The van der Waals surface area contributed by atoms with Crippen LogP contribution in [-0.2, 0) is 6.54 Å².